The van der Waals surface area contributed by atoms with Gasteiger partial charge in [-0.15, -0.1) is 0 Å². The molecule has 6 nitrogen and oxygen atoms in total. The zero-order chi connectivity index (χ0) is 15.2. The van der Waals surface area contributed by atoms with Gasteiger partial charge in [0.1, 0.15) is 5.82 Å². The highest BCUT2D eigenvalue weighted by Gasteiger charge is 2.18. The SMILES string of the molecule is CCN(CCn1cccn1)c1ncccc1C(=O)N(C)C. The molecule has 0 N–H and O–H groups in total. The first-order valence-electron chi connectivity index (χ1n) is 7.02. The van der Waals surface area contributed by atoms with Gasteiger partial charge in [0.25, 0.3) is 5.91 Å². The molecule has 0 aliphatic rings. The summed E-state index contributed by atoms with van der Waals surface area (Å²) < 4.78 is 1.87. The maximum Gasteiger partial charge on any atom is 0.257 e. The van der Waals surface area contributed by atoms with Crippen LogP contribution in [0.2, 0.25) is 0 Å². The number of hydrogen-bond acceptors (Lipinski definition) is 4. The summed E-state index contributed by atoms with van der Waals surface area (Å²) >= 11 is 0. The fraction of sp³-hybridized carbons (Fsp3) is 0.400. The minimum atomic E-state index is -0.0318. The Hall–Kier alpha value is -2.37. The molecule has 112 valence electrons. The van der Waals surface area contributed by atoms with Crippen molar-refractivity contribution in [1.29, 1.82) is 0 Å². The van der Waals surface area contributed by atoms with Crippen molar-refractivity contribution in [3.63, 3.8) is 0 Å². The van der Waals surface area contributed by atoms with Gasteiger partial charge in [0.15, 0.2) is 0 Å². The van der Waals surface area contributed by atoms with Crippen LogP contribution in [0, 0.1) is 0 Å². The first-order chi connectivity index (χ1) is 10.1. The van der Waals surface area contributed by atoms with Crippen LogP contribution in [0.3, 0.4) is 0 Å². The van der Waals surface area contributed by atoms with Crippen molar-refractivity contribution < 1.29 is 4.79 Å². The first-order valence-corrected chi connectivity index (χ1v) is 7.02. The van der Waals surface area contributed by atoms with Gasteiger partial charge in [0.2, 0.25) is 0 Å². The lowest BCUT2D eigenvalue weighted by atomic mass is 10.2. The highest BCUT2D eigenvalue weighted by Crippen LogP contribution is 2.18. The molecule has 2 aromatic heterocycles. The molecule has 0 unspecified atom stereocenters. The lowest BCUT2D eigenvalue weighted by molar-refractivity contribution is 0.0828. The molecule has 0 atom stereocenters. The molecular formula is C15H21N5O. The third-order valence-electron chi connectivity index (χ3n) is 3.26. The third kappa shape index (κ3) is 3.59. The molecular weight excluding hydrogens is 266 g/mol. The standard InChI is InChI=1S/C15H21N5O/c1-4-19(11-12-20-10-6-9-17-20)14-13(7-5-8-16-14)15(21)18(2)3/h5-10H,4,11-12H2,1-3H3. The number of amides is 1. The summed E-state index contributed by atoms with van der Waals surface area (Å²) in [7, 11) is 3.50. The predicted octanol–water partition coefficient (Wildman–Crippen LogP) is 1.51. The molecule has 0 saturated carbocycles. The second-order valence-electron chi connectivity index (χ2n) is 4.92. The molecule has 0 aliphatic heterocycles. The Bertz CT molecular complexity index is 580. The highest BCUT2D eigenvalue weighted by atomic mass is 16.2. The largest absolute Gasteiger partial charge is 0.354 e. The van der Waals surface area contributed by atoms with Gasteiger partial charge < -0.3 is 9.80 Å². The third-order valence-corrected chi connectivity index (χ3v) is 3.26. The Balaban J connectivity index is 2.19. The summed E-state index contributed by atoms with van der Waals surface area (Å²) in [5.74, 6) is 0.696. The molecule has 0 bridgehead atoms. The second kappa shape index (κ2) is 6.88. The summed E-state index contributed by atoms with van der Waals surface area (Å²) in [6.07, 6.45) is 5.41. The molecule has 2 aromatic rings. The van der Waals surface area contributed by atoms with Crippen molar-refractivity contribution >= 4 is 11.7 Å². The molecule has 0 spiro atoms. The number of hydrogen-bond donors (Lipinski definition) is 0. The Morgan fingerprint density at radius 2 is 2.10 bits per heavy atom. The Kier molecular flexibility index (Phi) is 4.92. The molecule has 0 radical (unpaired) electrons. The number of rotatable bonds is 6. The van der Waals surface area contributed by atoms with Crippen molar-refractivity contribution in [2.75, 3.05) is 32.1 Å². The van der Waals surface area contributed by atoms with Crippen LogP contribution in [-0.4, -0.2) is 52.8 Å². The van der Waals surface area contributed by atoms with E-state index in [4.69, 9.17) is 0 Å². The van der Waals surface area contributed by atoms with Crippen LogP contribution in [-0.2, 0) is 6.54 Å². The normalized spacial score (nSPS) is 10.4. The lowest BCUT2D eigenvalue weighted by Crippen LogP contribution is -2.31. The molecule has 0 fully saturated rings. The van der Waals surface area contributed by atoms with Crippen LogP contribution >= 0.6 is 0 Å². The molecule has 0 saturated heterocycles. The van der Waals surface area contributed by atoms with Gasteiger partial charge in [0, 0.05) is 45.8 Å². The van der Waals surface area contributed by atoms with Crippen LogP contribution < -0.4 is 4.90 Å². The molecule has 2 rings (SSSR count). The monoisotopic (exact) mass is 287 g/mol. The van der Waals surface area contributed by atoms with Gasteiger partial charge in [-0.2, -0.15) is 5.10 Å². The number of aromatic nitrogens is 3. The van der Waals surface area contributed by atoms with E-state index in [9.17, 15) is 4.79 Å². The van der Waals surface area contributed by atoms with Gasteiger partial charge in [0.05, 0.1) is 12.1 Å². The number of carbonyl (C=O) groups is 1. The van der Waals surface area contributed by atoms with Crippen LogP contribution in [0.4, 0.5) is 5.82 Å². The number of nitrogens with zero attached hydrogens (tertiary/aromatic N) is 5. The average Bonchev–Trinajstić information content (AvgIpc) is 3.01. The predicted molar refractivity (Wildman–Crippen MR) is 82.4 cm³/mol. The van der Waals surface area contributed by atoms with E-state index in [1.807, 2.05) is 23.0 Å². The van der Waals surface area contributed by atoms with E-state index in [1.165, 1.54) is 0 Å². The Morgan fingerprint density at radius 3 is 2.71 bits per heavy atom. The van der Waals surface area contributed by atoms with Crippen molar-refractivity contribution in [2.45, 2.75) is 13.5 Å². The minimum absolute atomic E-state index is 0.0318. The van der Waals surface area contributed by atoms with Crippen molar-refractivity contribution in [1.82, 2.24) is 19.7 Å². The van der Waals surface area contributed by atoms with Crippen molar-refractivity contribution in [3.8, 4) is 0 Å². The van der Waals surface area contributed by atoms with Gasteiger partial charge in [-0.25, -0.2) is 4.98 Å². The van der Waals surface area contributed by atoms with Gasteiger partial charge in [-0.3, -0.25) is 9.48 Å². The van der Waals surface area contributed by atoms with Gasteiger partial charge >= 0.3 is 0 Å². The highest BCUT2D eigenvalue weighted by molar-refractivity contribution is 5.98. The zero-order valence-corrected chi connectivity index (χ0v) is 12.7. The Morgan fingerprint density at radius 1 is 1.29 bits per heavy atom. The molecule has 6 heteroatoms. The summed E-state index contributed by atoms with van der Waals surface area (Å²) in [6.45, 7) is 4.35. The average molecular weight is 287 g/mol. The summed E-state index contributed by atoms with van der Waals surface area (Å²) in [5, 5.41) is 4.20. The molecule has 2 heterocycles. The van der Waals surface area contributed by atoms with E-state index in [2.05, 4.69) is 21.9 Å². The maximum atomic E-state index is 12.3. The van der Waals surface area contributed by atoms with Crippen LogP contribution in [0.15, 0.2) is 36.8 Å². The summed E-state index contributed by atoms with van der Waals surface area (Å²) in [4.78, 5) is 20.3. The lowest BCUT2D eigenvalue weighted by Gasteiger charge is -2.24. The van der Waals surface area contributed by atoms with E-state index in [0.29, 0.717) is 5.56 Å². The topological polar surface area (TPSA) is 54.3 Å². The Labute approximate surface area is 125 Å². The van der Waals surface area contributed by atoms with E-state index in [-0.39, 0.29) is 5.91 Å². The van der Waals surface area contributed by atoms with Gasteiger partial charge in [-0.05, 0) is 25.1 Å². The fourth-order valence-electron chi connectivity index (χ4n) is 2.13. The van der Waals surface area contributed by atoms with Crippen molar-refractivity contribution in [2.24, 2.45) is 0 Å². The number of anilines is 1. The second-order valence-corrected chi connectivity index (χ2v) is 4.92. The zero-order valence-electron chi connectivity index (χ0n) is 12.7. The van der Waals surface area contributed by atoms with E-state index in [0.717, 1.165) is 25.5 Å². The first kappa shape index (κ1) is 15.0. The van der Waals surface area contributed by atoms with Crippen LogP contribution in [0.5, 0.6) is 0 Å². The number of likely N-dealkylation sites (N-methyl/N-ethyl adjacent to an activating group) is 1. The van der Waals surface area contributed by atoms with Crippen molar-refractivity contribution in [3.05, 3.63) is 42.4 Å². The number of carbonyl (C=O) groups excluding carboxylic acids is 1. The van der Waals surface area contributed by atoms with Crippen LogP contribution in [0.1, 0.15) is 17.3 Å². The van der Waals surface area contributed by atoms with E-state index < -0.39 is 0 Å². The molecule has 21 heavy (non-hydrogen) atoms. The smallest absolute Gasteiger partial charge is 0.257 e. The molecule has 0 aliphatic carbocycles. The minimum Gasteiger partial charge on any atom is -0.354 e. The van der Waals surface area contributed by atoms with E-state index >= 15 is 0 Å². The fourth-order valence-corrected chi connectivity index (χ4v) is 2.13. The summed E-state index contributed by atoms with van der Waals surface area (Å²) in [6, 6.07) is 5.51. The molecule has 1 amide bonds. The van der Waals surface area contributed by atoms with Gasteiger partial charge in [-0.1, -0.05) is 0 Å². The maximum absolute atomic E-state index is 12.3. The molecule has 0 aromatic carbocycles. The summed E-state index contributed by atoms with van der Waals surface area (Å²) in [5.41, 5.74) is 0.629. The quantitative estimate of drug-likeness (QED) is 0.808. The van der Waals surface area contributed by atoms with Crippen LogP contribution in [0.25, 0.3) is 0 Å². The van der Waals surface area contributed by atoms with E-state index in [1.54, 1.807) is 37.5 Å². The number of pyridine rings is 1.